The van der Waals surface area contributed by atoms with Crippen LogP contribution in [0.25, 0.3) is 0 Å². The minimum absolute atomic E-state index is 0.0914. The van der Waals surface area contributed by atoms with Crippen molar-refractivity contribution < 1.29 is 14.3 Å². The first-order valence-electron chi connectivity index (χ1n) is 13.8. The van der Waals surface area contributed by atoms with Crippen molar-refractivity contribution in [1.29, 1.82) is 0 Å². The highest BCUT2D eigenvalue weighted by Gasteiger charge is 2.39. The molecule has 0 aromatic heterocycles. The third-order valence-electron chi connectivity index (χ3n) is 7.20. The van der Waals surface area contributed by atoms with E-state index < -0.39 is 0 Å². The number of benzene rings is 1. The van der Waals surface area contributed by atoms with Gasteiger partial charge in [-0.3, -0.25) is 9.59 Å². The molecule has 0 saturated carbocycles. The molecule has 1 unspecified atom stereocenters. The summed E-state index contributed by atoms with van der Waals surface area (Å²) in [6, 6.07) is 7.77. The third kappa shape index (κ3) is 8.20. The molecule has 2 atom stereocenters. The van der Waals surface area contributed by atoms with Crippen LogP contribution in [0.2, 0.25) is 0 Å². The second kappa shape index (κ2) is 13.4. The first kappa shape index (κ1) is 28.5. The Morgan fingerprint density at radius 1 is 1.11 bits per heavy atom. The van der Waals surface area contributed by atoms with Gasteiger partial charge >= 0.3 is 0 Å². The first-order chi connectivity index (χ1) is 17.1. The van der Waals surface area contributed by atoms with E-state index in [-0.39, 0.29) is 23.9 Å². The number of carbonyl (C=O) groups excluding carboxylic acids is 2. The fourth-order valence-corrected chi connectivity index (χ4v) is 5.37. The Morgan fingerprint density at radius 2 is 1.83 bits per heavy atom. The summed E-state index contributed by atoms with van der Waals surface area (Å²) < 4.78 is 6.13. The summed E-state index contributed by atoms with van der Waals surface area (Å²) in [6.45, 7) is 12.9. The number of hydrogen-bond acceptors (Lipinski definition) is 5. The van der Waals surface area contributed by atoms with E-state index in [9.17, 15) is 9.59 Å². The van der Waals surface area contributed by atoms with Crippen LogP contribution in [-0.2, 0) is 16.1 Å². The van der Waals surface area contributed by atoms with Crippen LogP contribution in [0.5, 0.6) is 5.75 Å². The predicted molar refractivity (Wildman–Crippen MR) is 145 cm³/mol. The maximum Gasteiger partial charge on any atom is 0.245 e. The van der Waals surface area contributed by atoms with Crippen LogP contribution in [0, 0.1) is 17.8 Å². The van der Waals surface area contributed by atoms with E-state index in [1.807, 2.05) is 21.9 Å². The SMILES string of the molecule is CC(C)CC(C(=O)N1CCC(COc2cccc(CN(C)C)c2)CC1)N1CCN[C@@H](CC(C)C)C1=O. The zero-order chi connectivity index (χ0) is 26.2. The predicted octanol–water partition coefficient (Wildman–Crippen LogP) is 3.63. The molecule has 1 aromatic rings. The molecule has 36 heavy (non-hydrogen) atoms. The summed E-state index contributed by atoms with van der Waals surface area (Å²) in [5, 5.41) is 3.37. The van der Waals surface area contributed by atoms with Gasteiger partial charge in [-0.1, -0.05) is 39.8 Å². The molecule has 0 spiro atoms. The summed E-state index contributed by atoms with van der Waals surface area (Å²) in [4.78, 5) is 33.0. The molecule has 7 nitrogen and oxygen atoms in total. The van der Waals surface area contributed by atoms with E-state index in [1.165, 1.54) is 5.56 Å². The lowest BCUT2D eigenvalue weighted by molar-refractivity contribution is -0.150. The van der Waals surface area contributed by atoms with Gasteiger partial charge in [-0.25, -0.2) is 0 Å². The Bertz CT molecular complexity index is 849. The van der Waals surface area contributed by atoms with Crippen LogP contribution in [0.15, 0.2) is 24.3 Å². The molecule has 0 radical (unpaired) electrons. The van der Waals surface area contributed by atoms with Crippen LogP contribution in [0.4, 0.5) is 0 Å². The molecule has 2 saturated heterocycles. The van der Waals surface area contributed by atoms with Gasteiger partial charge in [-0.05, 0) is 75.2 Å². The molecule has 2 heterocycles. The van der Waals surface area contributed by atoms with Gasteiger partial charge in [0.1, 0.15) is 11.8 Å². The van der Waals surface area contributed by atoms with Gasteiger partial charge in [0.05, 0.1) is 12.6 Å². The number of carbonyl (C=O) groups is 2. The molecule has 202 valence electrons. The van der Waals surface area contributed by atoms with Crippen molar-refractivity contribution >= 4 is 11.8 Å². The third-order valence-corrected chi connectivity index (χ3v) is 7.20. The molecule has 3 rings (SSSR count). The van der Waals surface area contributed by atoms with Crippen LogP contribution < -0.4 is 10.1 Å². The summed E-state index contributed by atoms with van der Waals surface area (Å²) in [5.74, 6) is 2.35. The number of piperazine rings is 1. The van der Waals surface area contributed by atoms with Gasteiger partial charge in [-0.2, -0.15) is 0 Å². The van der Waals surface area contributed by atoms with E-state index >= 15 is 0 Å². The average Bonchev–Trinajstić information content (AvgIpc) is 2.82. The number of amides is 2. The van der Waals surface area contributed by atoms with Gasteiger partial charge in [0.2, 0.25) is 11.8 Å². The highest BCUT2D eigenvalue weighted by Crippen LogP contribution is 2.24. The lowest BCUT2D eigenvalue weighted by atomic mass is 9.94. The van der Waals surface area contributed by atoms with E-state index in [1.54, 1.807) is 0 Å². The fourth-order valence-electron chi connectivity index (χ4n) is 5.37. The zero-order valence-corrected chi connectivity index (χ0v) is 23.3. The van der Waals surface area contributed by atoms with Gasteiger partial charge < -0.3 is 24.8 Å². The summed E-state index contributed by atoms with van der Waals surface area (Å²) in [6.07, 6.45) is 3.39. The number of nitrogens with one attached hydrogen (secondary N) is 1. The van der Waals surface area contributed by atoms with Crippen LogP contribution in [-0.4, -0.2) is 85.5 Å². The maximum absolute atomic E-state index is 13.7. The summed E-state index contributed by atoms with van der Waals surface area (Å²) in [5.41, 5.74) is 1.24. The van der Waals surface area contributed by atoms with Crippen LogP contribution in [0.1, 0.15) is 58.9 Å². The highest BCUT2D eigenvalue weighted by molar-refractivity contribution is 5.90. The maximum atomic E-state index is 13.7. The molecular weight excluding hydrogens is 452 g/mol. The Morgan fingerprint density at radius 3 is 2.47 bits per heavy atom. The number of nitrogens with zero attached hydrogens (tertiary/aromatic N) is 3. The Balaban J connectivity index is 1.55. The van der Waals surface area contributed by atoms with Crippen molar-refractivity contribution in [1.82, 2.24) is 20.0 Å². The molecule has 2 amide bonds. The van der Waals surface area contributed by atoms with E-state index in [0.717, 1.165) is 51.2 Å². The quantitative estimate of drug-likeness (QED) is 0.503. The van der Waals surface area contributed by atoms with Crippen molar-refractivity contribution in [3.8, 4) is 5.75 Å². The van der Waals surface area contributed by atoms with Crippen molar-refractivity contribution in [2.24, 2.45) is 17.8 Å². The van der Waals surface area contributed by atoms with E-state index in [0.29, 0.717) is 37.3 Å². The van der Waals surface area contributed by atoms with Crippen molar-refractivity contribution in [2.45, 2.75) is 72.0 Å². The number of hydrogen-bond donors (Lipinski definition) is 1. The smallest absolute Gasteiger partial charge is 0.245 e. The van der Waals surface area contributed by atoms with E-state index in [4.69, 9.17) is 4.74 Å². The normalized spacial score (nSPS) is 20.5. The summed E-state index contributed by atoms with van der Waals surface area (Å²) in [7, 11) is 4.13. The van der Waals surface area contributed by atoms with E-state index in [2.05, 4.69) is 64.1 Å². The molecule has 2 fully saturated rings. The molecule has 2 aliphatic rings. The Kier molecular flexibility index (Phi) is 10.6. The number of likely N-dealkylation sites (tertiary alicyclic amines) is 1. The zero-order valence-electron chi connectivity index (χ0n) is 23.3. The van der Waals surface area contributed by atoms with Gasteiger partial charge in [0.15, 0.2) is 0 Å². The Labute approximate surface area is 218 Å². The lowest BCUT2D eigenvalue weighted by Gasteiger charge is -2.42. The number of piperidine rings is 1. The standard InChI is InChI=1S/C29H48N4O3/c1-21(2)16-26-28(34)33(15-12-30-26)27(17-22(3)4)29(35)32-13-10-23(11-14-32)20-36-25-9-7-8-24(18-25)19-31(5)6/h7-9,18,21-23,26-27,30H,10-17,19-20H2,1-6H3/t26-,27?/m0/s1. The number of ether oxygens (including phenoxy) is 1. The second-order valence-corrected chi connectivity index (χ2v) is 11.8. The largest absolute Gasteiger partial charge is 0.493 e. The molecule has 7 heteroatoms. The molecule has 0 bridgehead atoms. The van der Waals surface area contributed by atoms with Gasteiger partial charge in [-0.15, -0.1) is 0 Å². The van der Waals surface area contributed by atoms with Gasteiger partial charge in [0.25, 0.3) is 0 Å². The number of rotatable bonds is 11. The first-order valence-corrected chi connectivity index (χ1v) is 13.8. The van der Waals surface area contributed by atoms with Crippen molar-refractivity contribution in [3.05, 3.63) is 29.8 Å². The fraction of sp³-hybridized carbons (Fsp3) is 0.724. The molecular formula is C29H48N4O3. The van der Waals surface area contributed by atoms with Crippen molar-refractivity contribution in [2.75, 3.05) is 46.9 Å². The molecule has 1 aromatic carbocycles. The second-order valence-electron chi connectivity index (χ2n) is 11.8. The monoisotopic (exact) mass is 500 g/mol. The van der Waals surface area contributed by atoms with Crippen LogP contribution in [0.3, 0.4) is 0 Å². The molecule has 2 aliphatic heterocycles. The Hall–Kier alpha value is -2.12. The topological polar surface area (TPSA) is 65.1 Å². The highest BCUT2D eigenvalue weighted by atomic mass is 16.5. The minimum atomic E-state index is -0.360. The lowest BCUT2D eigenvalue weighted by Crippen LogP contribution is -2.62. The minimum Gasteiger partial charge on any atom is -0.493 e. The van der Waals surface area contributed by atoms with Crippen molar-refractivity contribution in [3.63, 3.8) is 0 Å². The molecule has 1 N–H and O–H groups in total. The van der Waals surface area contributed by atoms with Crippen LogP contribution >= 0.6 is 0 Å². The van der Waals surface area contributed by atoms with Gasteiger partial charge in [0, 0.05) is 32.7 Å². The summed E-state index contributed by atoms with van der Waals surface area (Å²) >= 11 is 0. The molecule has 0 aliphatic carbocycles. The average molecular weight is 501 g/mol.